The van der Waals surface area contributed by atoms with Gasteiger partial charge in [0.2, 0.25) is 5.91 Å². The molecule has 2 rings (SSSR count). The number of nitrogens with one attached hydrogen (secondary N) is 1. The van der Waals surface area contributed by atoms with Gasteiger partial charge in [-0.25, -0.2) is 4.39 Å². The van der Waals surface area contributed by atoms with Gasteiger partial charge in [-0.1, -0.05) is 37.3 Å². The van der Waals surface area contributed by atoms with Crippen molar-refractivity contribution in [3.05, 3.63) is 71.0 Å². The monoisotopic (exact) mass is 397 g/mol. The van der Waals surface area contributed by atoms with Crippen LogP contribution in [0.2, 0.25) is 0 Å². The maximum Gasteiger partial charge on any atom is 0.416 e. The van der Waals surface area contributed by atoms with Gasteiger partial charge in [-0.3, -0.25) is 9.59 Å². The predicted octanol–water partition coefficient (Wildman–Crippen LogP) is 4.01. The van der Waals surface area contributed by atoms with Gasteiger partial charge in [0.25, 0.3) is 0 Å². The highest BCUT2D eigenvalue weighted by molar-refractivity contribution is 5.81. The van der Waals surface area contributed by atoms with Crippen LogP contribution in [0.5, 0.6) is 0 Å². The van der Waals surface area contributed by atoms with Crippen molar-refractivity contribution in [3.8, 4) is 0 Å². The van der Waals surface area contributed by atoms with Gasteiger partial charge in [0.15, 0.2) is 0 Å². The third-order valence-electron chi connectivity index (χ3n) is 4.29. The smallest absolute Gasteiger partial charge is 0.416 e. The Labute approximate surface area is 159 Å². The summed E-state index contributed by atoms with van der Waals surface area (Å²) in [5.41, 5.74) is -0.106. The van der Waals surface area contributed by atoms with Crippen LogP contribution < -0.4 is 5.32 Å². The van der Waals surface area contributed by atoms with E-state index in [0.717, 1.165) is 24.3 Å². The van der Waals surface area contributed by atoms with Crippen molar-refractivity contribution in [2.45, 2.75) is 25.4 Å². The van der Waals surface area contributed by atoms with Crippen molar-refractivity contribution in [1.29, 1.82) is 0 Å². The van der Waals surface area contributed by atoms with E-state index in [9.17, 15) is 32.3 Å². The van der Waals surface area contributed by atoms with E-state index in [-0.39, 0.29) is 13.0 Å². The van der Waals surface area contributed by atoms with Gasteiger partial charge in [0.1, 0.15) is 5.82 Å². The maximum atomic E-state index is 13.0. The van der Waals surface area contributed by atoms with Gasteiger partial charge >= 0.3 is 12.1 Å². The van der Waals surface area contributed by atoms with E-state index in [0.29, 0.717) is 11.1 Å². The highest BCUT2D eigenvalue weighted by atomic mass is 19.4. The number of hydrogen-bond donors (Lipinski definition) is 2. The molecule has 0 bridgehead atoms. The normalized spacial score (nSPS) is 13.6. The van der Waals surface area contributed by atoms with Gasteiger partial charge in [-0.15, -0.1) is 0 Å². The summed E-state index contributed by atoms with van der Waals surface area (Å²) in [6.45, 7) is 1.33. The Morgan fingerprint density at radius 2 is 1.75 bits per heavy atom. The Balaban J connectivity index is 1.99. The lowest BCUT2D eigenvalue weighted by Gasteiger charge is -2.17. The van der Waals surface area contributed by atoms with Crippen LogP contribution in [0.15, 0.2) is 48.5 Å². The Hall–Kier alpha value is -2.90. The Morgan fingerprint density at radius 1 is 1.11 bits per heavy atom. The number of amides is 1. The van der Waals surface area contributed by atoms with Crippen LogP contribution in [-0.4, -0.2) is 23.5 Å². The van der Waals surface area contributed by atoms with Crippen molar-refractivity contribution < 1.29 is 32.3 Å². The molecule has 0 aliphatic carbocycles. The lowest BCUT2D eigenvalue weighted by Crippen LogP contribution is -2.35. The molecule has 0 aromatic heterocycles. The van der Waals surface area contributed by atoms with E-state index in [1.54, 1.807) is 6.92 Å². The number of carbonyl (C=O) groups excluding carboxylic acids is 1. The standard InChI is InChI=1S/C20H19F4NO3/c1-12(9-13-3-2-4-15(10-13)20(22,23)24)18(26)25-11-17(19(27)28)14-5-7-16(21)8-6-14/h2-8,10,12,17H,9,11H2,1H3,(H,25,26)(H,27,28). The summed E-state index contributed by atoms with van der Waals surface area (Å²) in [7, 11) is 0. The molecule has 0 fully saturated rings. The molecule has 2 unspecified atom stereocenters. The second-order valence-electron chi connectivity index (χ2n) is 6.49. The highest BCUT2D eigenvalue weighted by Crippen LogP contribution is 2.30. The number of aliphatic carboxylic acids is 1. The van der Waals surface area contributed by atoms with Crippen LogP contribution in [0.3, 0.4) is 0 Å². The summed E-state index contributed by atoms with van der Waals surface area (Å²) >= 11 is 0. The summed E-state index contributed by atoms with van der Waals surface area (Å²) in [6.07, 6.45) is -4.39. The summed E-state index contributed by atoms with van der Waals surface area (Å²) in [5, 5.41) is 11.8. The summed E-state index contributed by atoms with van der Waals surface area (Å²) in [5.74, 6) is -3.90. The van der Waals surface area contributed by atoms with Crippen LogP contribution in [0, 0.1) is 11.7 Å². The quantitative estimate of drug-likeness (QED) is 0.694. The van der Waals surface area contributed by atoms with Crippen molar-refractivity contribution in [2.24, 2.45) is 5.92 Å². The van der Waals surface area contributed by atoms with Crippen molar-refractivity contribution in [3.63, 3.8) is 0 Å². The minimum atomic E-state index is -4.47. The number of carbonyl (C=O) groups is 2. The van der Waals surface area contributed by atoms with Crippen LogP contribution >= 0.6 is 0 Å². The number of rotatable bonds is 7. The maximum absolute atomic E-state index is 13.0. The van der Waals surface area contributed by atoms with Crippen molar-refractivity contribution >= 4 is 11.9 Å². The molecule has 2 N–H and O–H groups in total. The number of benzene rings is 2. The number of halogens is 4. The molecular formula is C20H19F4NO3. The molecule has 0 saturated carbocycles. The van der Waals surface area contributed by atoms with Gasteiger partial charge in [-0.05, 0) is 35.7 Å². The summed E-state index contributed by atoms with van der Waals surface area (Å²) in [4.78, 5) is 23.7. The predicted molar refractivity (Wildman–Crippen MR) is 94.1 cm³/mol. The van der Waals surface area contributed by atoms with E-state index >= 15 is 0 Å². The molecular weight excluding hydrogens is 378 g/mol. The zero-order valence-corrected chi connectivity index (χ0v) is 15.0. The first-order chi connectivity index (χ1) is 13.1. The third-order valence-corrected chi connectivity index (χ3v) is 4.29. The first-order valence-corrected chi connectivity index (χ1v) is 8.50. The second-order valence-corrected chi connectivity index (χ2v) is 6.49. The molecule has 8 heteroatoms. The molecule has 28 heavy (non-hydrogen) atoms. The Kier molecular flexibility index (Phi) is 6.77. The lowest BCUT2D eigenvalue weighted by molar-refractivity contribution is -0.139. The molecule has 1 amide bonds. The van der Waals surface area contributed by atoms with Crippen LogP contribution in [0.25, 0.3) is 0 Å². The second kappa shape index (κ2) is 8.86. The number of carboxylic acid groups (broad SMARTS) is 1. The lowest BCUT2D eigenvalue weighted by atomic mass is 9.97. The molecule has 0 saturated heterocycles. The Morgan fingerprint density at radius 3 is 2.32 bits per heavy atom. The molecule has 0 spiro atoms. The van der Waals surface area contributed by atoms with E-state index in [2.05, 4.69) is 5.32 Å². The van der Waals surface area contributed by atoms with Gasteiger partial charge in [0, 0.05) is 12.5 Å². The minimum Gasteiger partial charge on any atom is -0.481 e. The molecule has 150 valence electrons. The first-order valence-electron chi connectivity index (χ1n) is 8.50. The first kappa shape index (κ1) is 21.4. The molecule has 2 atom stereocenters. The molecule has 0 aliphatic rings. The molecule has 4 nitrogen and oxygen atoms in total. The summed E-state index contributed by atoms with van der Waals surface area (Å²) in [6, 6.07) is 9.62. The average molecular weight is 397 g/mol. The van der Waals surface area contributed by atoms with Gasteiger partial charge in [-0.2, -0.15) is 13.2 Å². The van der Waals surface area contributed by atoms with Gasteiger partial charge in [0.05, 0.1) is 11.5 Å². The number of alkyl halides is 3. The van der Waals surface area contributed by atoms with Crippen molar-refractivity contribution in [1.82, 2.24) is 5.32 Å². The minimum absolute atomic E-state index is 0.0735. The van der Waals surface area contributed by atoms with Gasteiger partial charge < -0.3 is 10.4 Å². The highest BCUT2D eigenvalue weighted by Gasteiger charge is 2.30. The third kappa shape index (κ3) is 5.80. The van der Waals surface area contributed by atoms with E-state index < -0.39 is 41.3 Å². The average Bonchev–Trinajstić information content (AvgIpc) is 2.62. The molecule has 0 radical (unpaired) electrons. The fraction of sp³-hybridized carbons (Fsp3) is 0.300. The van der Waals surface area contributed by atoms with Crippen LogP contribution in [0.1, 0.15) is 29.5 Å². The zero-order chi connectivity index (χ0) is 20.9. The van der Waals surface area contributed by atoms with E-state index in [4.69, 9.17) is 0 Å². The van der Waals surface area contributed by atoms with E-state index in [1.165, 1.54) is 24.3 Å². The molecule has 2 aromatic carbocycles. The van der Waals surface area contributed by atoms with Crippen molar-refractivity contribution in [2.75, 3.05) is 6.54 Å². The molecule has 0 aliphatic heterocycles. The van der Waals surface area contributed by atoms with Crippen LogP contribution in [0.4, 0.5) is 17.6 Å². The number of carboxylic acids is 1. The van der Waals surface area contributed by atoms with Crippen LogP contribution in [-0.2, 0) is 22.2 Å². The van der Waals surface area contributed by atoms with E-state index in [1.807, 2.05) is 0 Å². The fourth-order valence-electron chi connectivity index (χ4n) is 2.74. The summed E-state index contributed by atoms with van der Waals surface area (Å²) < 4.78 is 51.3. The molecule has 0 heterocycles. The topological polar surface area (TPSA) is 66.4 Å². The number of hydrogen-bond acceptors (Lipinski definition) is 2. The molecule has 2 aromatic rings. The zero-order valence-electron chi connectivity index (χ0n) is 15.0. The largest absolute Gasteiger partial charge is 0.481 e. The SMILES string of the molecule is CC(Cc1cccc(C(F)(F)F)c1)C(=O)NCC(C(=O)O)c1ccc(F)cc1. The Bertz CT molecular complexity index is 834. The fourth-order valence-corrected chi connectivity index (χ4v) is 2.74.